The average molecular weight is 369 g/mol. The molecular weight excluding hydrogens is 350 g/mol. The molecule has 26 heavy (non-hydrogen) atoms. The molecule has 0 radical (unpaired) electrons. The fourth-order valence-corrected chi connectivity index (χ4v) is 3.83. The van der Waals surface area contributed by atoms with Crippen LogP contribution in [0.1, 0.15) is 23.1 Å². The molecule has 0 aliphatic carbocycles. The fourth-order valence-electron chi connectivity index (χ4n) is 3.13. The highest BCUT2D eigenvalue weighted by Crippen LogP contribution is 2.29. The molecule has 1 aliphatic rings. The number of hydrogen-bond acceptors (Lipinski definition) is 6. The number of thiophene rings is 1. The van der Waals surface area contributed by atoms with E-state index in [-0.39, 0.29) is 11.8 Å². The van der Waals surface area contributed by atoms with Crippen LogP contribution in [0, 0.1) is 0 Å². The molecule has 4 rings (SSSR count). The molecule has 134 valence electrons. The number of amides is 1. The number of benzene rings is 1. The Kier molecular flexibility index (Phi) is 4.71. The second-order valence-corrected chi connectivity index (χ2v) is 7.29. The van der Waals surface area contributed by atoms with Crippen LogP contribution in [0.4, 0.5) is 0 Å². The minimum Gasteiger partial charge on any atom is -0.497 e. The third kappa shape index (κ3) is 3.48. The molecular formula is C19H19N3O3S. The van der Waals surface area contributed by atoms with E-state index >= 15 is 0 Å². The number of hydrogen-bond donors (Lipinski definition) is 0. The average Bonchev–Trinajstić information content (AvgIpc) is 3.41. The van der Waals surface area contributed by atoms with Gasteiger partial charge in [-0.25, -0.2) is 0 Å². The Hall–Kier alpha value is -2.67. The number of ether oxygens (including phenoxy) is 1. The van der Waals surface area contributed by atoms with E-state index in [9.17, 15) is 4.79 Å². The summed E-state index contributed by atoms with van der Waals surface area (Å²) in [4.78, 5) is 20.0. The number of aromatic nitrogens is 2. The molecule has 1 fully saturated rings. The molecule has 3 heterocycles. The molecule has 1 unspecified atom stereocenters. The van der Waals surface area contributed by atoms with E-state index in [1.165, 1.54) is 4.88 Å². The molecule has 7 heteroatoms. The van der Waals surface area contributed by atoms with Crippen LogP contribution in [-0.2, 0) is 11.2 Å². The lowest BCUT2D eigenvalue weighted by Gasteiger charge is -2.15. The first-order valence-electron chi connectivity index (χ1n) is 8.51. The van der Waals surface area contributed by atoms with Crippen LogP contribution in [0.3, 0.4) is 0 Å². The third-order valence-corrected chi connectivity index (χ3v) is 5.48. The normalized spacial score (nSPS) is 17.0. The zero-order valence-electron chi connectivity index (χ0n) is 14.4. The van der Waals surface area contributed by atoms with Gasteiger partial charge in [0.2, 0.25) is 17.6 Å². The van der Waals surface area contributed by atoms with E-state index in [0.29, 0.717) is 24.7 Å². The van der Waals surface area contributed by atoms with Gasteiger partial charge >= 0.3 is 0 Å². The Morgan fingerprint density at radius 1 is 1.35 bits per heavy atom. The summed E-state index contributed by atoms with van der Waals surface area (Å²) in [7, 11) is 1.62. The predicted molar refractivity (Wildman–Crippen MR) is 98.2 cm³/mol. The first-order valence-corrected chi connectivity index (χ1v) is 9.39. The van der Waals surface area contributed by atoms with E-state index in [1.54, 1.807) is 18.4 Å². The number of rotatable bonds is 6. The maximum absolute atomic E-state index is 12.3. The zero-order chi connectivity index (χ0) is 17.9. The van der Waals surface area contributed by atoms with Crippen molar-refractivity contribution in [2.24, 2.45) is 0 Å². The van der Waals surface area contributed by atoms with Gasteiger partial charge in [0.1, 0.15) is 5.75 Å². The highest BCUT2D eigenvalue weighted by atomic mass is 32.1. The molecule has 1 aliphatic heterocycles. The van der Waals surface area contributed by atoms with Gasteiger partial charge in [0.05, 0.1) is 13.0 Å². The maximum Gasteiger partial charge on any atom is 0.232 e. The fraction of sp³-hybridized carbons (Fsp3) is 0.316. The van der Waals surface area contributed by atoms with Crippen molar-refractivity contribution in [3.63, 3.8) is 0 Å². The molecule has 1 aromatic carbocycles. The summed E-state index contributed by atoms with van der Waals surface area (Å²) in [5.41, 5.74) is 0.832. The number of carbonyl (C=O) groups is 1. The maximum atomic E-state index is 12.3. The molecule has 1 saturated heterocycles. The quantitative estimate of drug-likeness (QED) is 0.666. The molecule has 0 N–H and O–H groups in total. The molecule has 0 spiro atoms. The van der Waals surface area contributed by atoms with Crippen LogP contribution in [0.5, 0.6) is 5.75 Å². The molecule has 2 aromatic heterocycles. The van der Waals surface area contributed by atoms with Crippen molar-refractivity contribution in [3.8, 4) is 17.1 Å². The Morgan fingerprint density at radius 3 is 3.08 bits per heavy atom. The van der Waals surface area contributed by atoms with Crippen molar-refractivity contribution in [1.29, 1.82) is 0 Å². The summed E-state index contributed by atoms with van der Waals surface area (Å²) < 4.78 is 10.7. The second kappa shape index (κ2) is 7.29. The van der Waals surface area contributed by atoms with Crippen molar-refractivity contribution in [2.75, 3.05) is 20.2 Å². The van der Waals surface area contributed by atoms with Crippen molar-refractivity contribution in [3.05, 3.63) is 52.5 Å². The van der Waals surface area contributed by atoms with Gasteiger partial charge in [0.25, 0.3) is 0 Å². The minimum absolute atomic E-state index is 0.0438. The standard InChI is InChI=1S/C19H19N3O3S/c1-24-15-5-2-4-13(10-15)18-20-19(25-21-18)14-11-17(23)22(12-14)8-7-16-6-3-9-26-16/h2-6,9-10,14H,7-8,11-12H2,1H3. The van der Waals surface area contributed by atoms with Crippen molar-refractivity contribution in [2.45, 2.75) is 18.8 Å². The Morgan fingerprint density at radius 2 is 2.27 bits per heavy atom. The Balaban J connectivity index is 1.43. The van der Waals surface area contributed by atoms with E-state index in [1.807, 2.05) is 35.2 Å². The van der Waals surface area contributed by atoms with Crippen LogP contribution in [-0.4, -0.2) is 41.1 Å². The SMILES string of the molecule is COc1cccc(-c2noc(C3CC(=O)N(CCc4cccs4)C3)n2)c1. The molecule has 0 bridgehead atoms. The third-order valence-electron chi connectivity index (χ3n) is 4.54. The zero-order valence-corrected chi connectivity index (χ0v) is 15.2. The largest absolute Gasteiger partial charge is 0.497 e. The van der Waals surface area contributed by atoms with E-state index in [2.05, 4.69) is 21.6 Å². The number of carbonyl (C=O) groups excluding carboxylic acids is 1. The van der Waals surface area contributed by atoms with Crippen LogP contribution in [0.15, 0.2) is 46.3 Å². The second-order valence-electron chi connectivity index (χ2n) is 6.26. The van der Waals surface area contributed by atoms with Crippen molar-refractivity contribution in [1.82, 2.24) is 15.0 Å². The smallest absolute Gasteiger partial charge is 0.232 e. The minimum atomic E-state index is -0.0438. The molecule has 1 atom stereocenters. The first kappa shape index (κ1) is 16.8. The lowest BCUT2D eigenvalue weighted by atomic mass is 10.1. The summed E-state index contributed by atoms with van der Waals surface area (Å²) in [5.74, 6) is 1.88. The van der Waals surface area contributed by atoms with Gasteiger partial charge in [-0.1, -0.05) is 23.4 Å². The first-order chi connectivity index (χ1) is 12.7. The number of likely N-dealkylation sites (tertiary alicyclic amines) is 1. The van der Waals surface area contributed by atoms with Gasteiger partial charge in [-0.15, -0.1) is 11.3 Å². The highest BCUT2D eigenvalue weighted by molar-refractivity contribution is 7.09. The highest BCUT2D eigenvalue weighted by Gasteiger charge is 2.34. The molecule has 0 saturated carbocycles. The predicted octanol–water partition coefficient (Wildman–Crippen LogP) is 3.37. The van der Waals surface area contributed by atoms with Gasteiger partial charge in [0, 0.05) is 30.0 Å². The summed E-state index contributed by atoms with van der Waals surface area (Å²) in [6, 6.07) is 11.7. The van der Waals surface area contributed by atoms with E-state index < -0.39 is 0 Å². The van der Waals surface area contributed by atoms with Crippen LogP contribution in [0.2, 0.25) is 0 Å². The number of methoxy groups -OCH3 is 1. The van der Waals surface area contributed by atoms with Crippen LogP contribution in [0.25, 0.3) is 11.4 Å². The van der Waals surface area contributed by atoms with E-state index in [0.717, 1.165) is 24.3 Å². The summed E-state index contributed by atoms with van der Waals surface area (Å²) in [6.45, 7) is 1.36. The topological polar surface area (TPSA) is 68.5 Å². The van der Waals surface area contributed by atoms with Gasteiger partial charge in [-0.05, 0) is 30.0 Å². The van der Waals surface area contributed by atoms with Crippen molar-refractivity contribution < 1.29 is 14.1 Å². The Labute approximate surface area is 155 Å². The summed E-state index contributed by atoms with van der Waals surface area (Å²) >= 11 is 1.72. The monoisotopic (exact) mass is 369 g/mol. The van der Waals surface area contributed by atoms with Crippen molar-refractivity contribution >= 4 is 17.2 Å². The summed E-state index contributed by atoms with van der Waals surface area (Å²) in [6.07, 6.45) is 1.30. The van der Waals surface area contributed by atoms with Gasteiger partial charge in [-0.2, -0.15) is 4.98 Å². The molecule has 1 amide bonds. The lowest BCUT2D eigenvalue weighted by molar-refractivity contribution is -0.127. The molecule has 6 nitrogen and oxygen atoms in total. The number of nitrogens with zero attached hydrogens (tertiary/aromatic N) is 3. The summed E-state index contributed by atoms with van der Waals surface area (Å²) in [5, 5.41) is 6.13. The lowest BCUT2D eigenvalue weighted by Crippen LogP contribution is -2.27. The van der Waals surface area contributed by atoms with Gasteiger partial charge < -0.3 is 14.2 Å². The van der Waals surface area contributed by atoms with Crippen LogP contribution >= 0.6 is 11.3 Å². The van der Waals surface area contributed by atoms with Crippen LogP contribution < -0.4 is 4.74 Å². The van der Waals surface area contributed by atoms with Gasteiger partial charge in [-0.3, -0.25) is 4.79 Å². The molecule has 3 aromatic rings. The Bertz CT molecular complexity index is 891. The van der Waals surface area contributed by atoms with E-state index in [4.69, 9.17) is 9.26 Å². The van der Waals surface area contributed by atoms with Gasteiger partial charge in [0.15, 0.2) is 0 Å².